The summed E-state index contributed by atoms with van der Waals surface area (Å²) in [6, 6.07) is 13.3. The summed E-state index contributed by atoms with van der Waals surface area (Å²) >= 11 is 0. The second-order valence-electron chi connectivity index (χ2n) is 6.60. The van der Waals surface area contributed by atoms with Crippen LogP contribution in [0.1, 0.15) is 15.9 Å². The SMILES string of the molecule is COc1ccc(OC)c(C[NH+]2CCN(C(=O)c3ccccc3OC)CC2)c1. The molecule has 0 unspecified atom stereocenters. The molecule has 1 aliphatic rings. The van der Waals surface area contributed by atoms with E-state index in [1.165, 1.54) is 4.90 Å². The topological polar surface area (TPSA) is 52.4 Å². The van der Waals surface area contributed by atoms with Gasteiger partial charge >= 0.3 is 0 Å². The minimum Gasteiger partial charge on any atom is -0.497 e. The van der Waals surface area contributed by atoms with E-state index in [0.29, 0.717) is 11.3 Å². The highest BCUT2D eigenvalue weighted by Gasteiger charge is 2.26. The van der Waals surface area contributed by atoms with E-state index in [1.54, 1.807) is 21.3 Å². The van der Waals surface area contributed by atoms with Crippen LogP contribution >= 0.6 is 0 Å². The van der Waals surface area contributed by atoms with E-state index < -0.39 is 0 Å². The molecular weight excluding hydrogens is 344 g/mol. The highest BCUT2D eigenvalue weighted by atomic mass is 16.5. The number of carbonyl (C=O) groups is 1. The molecule has 1 heterocycles. The Labute approximate surface area is 160 Å². The van der Waals surface area contributed by atoms with Crippen LogP contribution in [-0.4, -0.2) is 58.3 Å². The smallest absolute Gasteiger partial charge is 0.258 e. The van der Waals surface area contributed by atoms with Crippen LogP contribution in [0.15, 0.2) is 42.5 Å². The summed E-state index contributed by atoms with van der Waals surface area (Å²) in [5.41, 5.74) is 1.74. The van der Waals surface area contributed by atoms with E-state index in [1.807, 2.05) is 47.4 Å². The lowest BCUT2D eigenvalue weighted by atomic mass is 10.1. The molecule has 3 rings (SSSR count). The first-order valence-corrected chi connectivity index (χ1v) is 9.13. The third-order valence-corrected chi connectivity index (χ3v) is 5.02. The van der Waals surface area contributed by atoms with Gasteiger partial charge in [-0.15, -0.1) is 0 Å². The second kappa shape index (κ2) is 8.77. The highest BCUT2D eigenvalue weighted by molar-refractivity contribution is 5.97. The van der Waals surface area contributed by atoms with Crippen molar-refractivity contribution in [2.45, 2.75) is 6.54 Å². The number of nitrogens with zero attached hydrogens (tertiary/aromatic N) is 1. The molecule has 0 aromatic heterocycles. The molecule has 144 valence electrons. The predicted molar refractivity (Wildman–Crippen MR) is 103 cm³/mol. The normalized spacial score (nSPS) is 14.7. The number of amides is 1. The Kier molecular flexibility index (Phi) is 6.19. The van der Waals surface area contributed by atoms with Gasteiger partial charge in [0.05, 0.1) is 58.6 Å². The van der Waals surface area contributed by atoms with E-state index in [9.17, 15) is 4.79 Å². The maximum atomic E-state index is 12.8. The average molecular weight is 371 g/mol. The van der Waals surface area contributed by atoms with Gasteiger partial charge in [0.25, 0.3) is 5.91 Å². The molecule has 6 nitrogen and oxygen atoms in total. The number of rotatable bonds is 6. The first-order chi connectivity index (χ1) is 13.2. The van der Waals surface area contributed by atoms with Crippen molar-refractivity contribution in [3.8, 4) is 17.2 Å². The van der Waals surface area contributed by atoms with E-state index in [4.69, 9.17) is 14.2 Å². The van der Waals surface area contributed by atoms with Gasteiger partial charge in [-0.3, -0.25) is 4.79 Å². The van der Waals surface area contributed by atoms with Crippen molar-refractivity contribution in [2.75, 3.05) is 47.5 Å². The Bertz CT molecular complexity index is 786. The van der Waals surface area contributed by atoms with Gasteiger partial charge in [0.2, 0.25) is 0 Å². The van der Waals surface area contributed by atoms with Gasteiger partial charge in [0, 0.05) is 0 Å². The number of quaternary nitrogens is 1. The molecule has 0 radical (unpaired) electrons. The van der Waals surface area contributed by atoms with Crippen LogP contribution in [0.4, 0.5) is 0 Å². The van der Waals surface area contributed by atoms with Crippen molar-refractivity contribution in [2.24, 2.45) is 0 Å². The molecular formula is C21H27N2O4+. The number of para-hydroxylation sites is 1. The summed E-state index contributed by atoms with van der Waals surface area (Å²) in [4.78, 5) is 16.2. The van der Waals surface area contributed by atoms with Crippen molar-refractivity contribution in [3.63, 3.8) is 0 Å². The lowest BCUT2D eigenvalue weighted by Crippen LogP contribution is -3.13. The first kappa shape index (κ1) is 19.0. The fourth-order valence-electron chi connectivity index (χ4n) is 3.48. The van der Waals surface area contributed by atoms with Crippen molar-refractivity contribution < 1.29 is 23.9 Å². The van der Waals surface area contributed by atoms with Gasteiger partial charge in [0.15, 0.2) is 0 Å². The standard InChI is InChI=1S/C21H26N2O4/c1-25-17-8-9-19(26-2)16(14-17)15-22-10-12-23(13-11-22)21(24)18-6-4-5-7-20(18)27-3/h4-9,14H,10-13,15H2,1-3H3/p+1. The molecule has 27 heavy (non-hydrogen) atoms. The van der Waals surface area contributed by atoms with Crippen LogP contribution in [0.5, 0.6) is 17.2 Å². The van der Waals surface area contributed by atoms with Gasteiger partial charge in [-0.2, -0.15) is 0 Å². The van der Waals surface area contributed by atoms with E-state index in [2.05, 4.69) is 0 Å². The second-order valence-corrected chi connectivity index (χ2v) is 6.60. The predicted octanol–water partition coefficient (Wildman–Crippen LogP) is 1.25. The van der Waals surface area contributed by atoms with Crippen molar-refractivity contribution in [3.05, 3.63) is 53.6 Å². The summed E-state index contributed by atoms with van der Waals surface area (Å²) in [5, 5.41) is 0. The Morgan fingerprint density at radius 1 is 0.963 bits per heavy atom. The number of ether oxygens (including phenoxy) is 3. The quantitative estimate of drug-likeness (QED) is 0.831. The molecule has 6 heteroatoms. The zero-order valence-electron chi connectivity index (χ0n) is 16.2. The number of carbonyl (C=O) groups excluding carboxylic acids is 1. The Hall–Kier alpha value is -2.73. The summed E-state index contributed by atoms with van der Waals surface area (Å²) in [6.45, 7) is 4.07. The maximum Gasteiger partial charge on any atom is 0.258 e. The largest absolute Gasteiger partial charge is 0.497 e. The van der Waals surface area contributed by atoms with Crippen molar-refractivity contribution >= 4 is 5.91 Å². The highest BCUT2D eigenvalue weighted by Crippen LogP contribution is 2.23. The van der Waals surface area contributed by atoms with Crippen LogP contribution in [-0.2, 0) is 6.54 Å². The molecule has 1 fully saturated rings. The van der Waals surface area contributed by atoms with Gasteiger partial charge in [-0.1, -0.05) is 12.1 Å². The molecule has 2 aromatic rings. The van der Waals surface area contributed by atoms with Crippen LogP contribution in [0.25, 0.3) is 0 Å². The molecule has 0 atom stereocenters. The van der Waals surface area contributed by atoms with E-state index in [0.717, 1.165) is 49.8 Å². The number of methoxy groups -OCH3 is 3. The maximum absolute atomic E-state index is 12.8. The number of hydrogen-bond donors (Lipinski definition) is 1. The van der Waals surface area contributed by atoms with Gasteiger partial charge < -0.3 is 24.0 Å². The summed E-state index contributed by atoms with van der Waals surface area (Å²) in [6.07, 6.45) is 0. The van der Waals surface area contributed by atoms with Gasteiger partial charge in [-0.25, -0.2) is 0 Å². The Morgan fingerprint density at radius 2 is 1.67 bits per heavy atom. The fourth-order valence-corrected chi connectivity index (χ4v) is 3.48. The van der Waals surface area contributed by atoms with Crippen LogP contribution in [0.3, 0.4) is 0 Å². The summed E-state index contributed by atoms with van der Waals surface area (Å²) < 4.78 is 16.1. The van der Waals surface area contributed by atoms with Gasteiger partial charge in [0.1, 0.15) is 23.8 Å². The molecule has 0 bridgehead atoms. The average Bonchev–Trinajstić information content (AvgIpc) is 2.73. The monoisotopic (exact) mass is 371 g/mol. The molecule has 0 saturated carbocycles. The number of nitrogens with one attached hydrogen (secondary N) is 1. The van der Waals surface area contributed by atoms with Crippen LogP contribution in [0.2, 0.25) is 0 Å². The fraction of sp³-hybridized carbons (Fsp3) is 0.381. The molecule has 1 aliphatic heterocycles. The van der Waals surface area contributed by atoms with Crippen LogP contribution < -0.4 is 19.1 Å². The first-order valence-electron chi connectivity index (χ1n) is 9.13. The third kappa shape index (κ3) is 4.34. The molecule has 0 aliphatic carbocycles. The molecule has 0 spiro atoms. The van der Waals surface area contributed by atoms with Crippen molar-refractivity contribution in [1.29, 1.82) is 0 Å². The van der Waals surface area contributed by atoms with Crippen LogP contribution in [0, 0.1) is 0 Å². The zero-order valence-corrected chi connectivity index (χ0v) is 16.2. The third-order valence-electron chi connectivity index (χ3n) is 5.02. The number of hydrogen-bond acceptors (Lipinski definition) is 4. The Morgan fingerprint density at radius 3 is 2.33 bits per heavy atom. The molecule has 1 amide bonds. The number of piperazine rings is 1. The van der Waals surface area contributed by atoms with E-state index >= 15 is 0 Å². The lowest BCUT2D eigenvalue weighted by molar-refractivity contribution is -0.917. The minimum absolute atomic E-state index is 0.0328. The molecule has 1 saturated heterocycles. The van der Waals surface area contributed by atoms with E-state index in [-0.39, 0.29) is 5.91 Å². The molecule has 1 N–H and O–H groups in total. The minimum atomic E-state index is 0.0328. The lowest BCUT2D eigenvalue weighted by Gasteiger charge is -2.32. The number of benzene rings is 2. The zero-order chi connectivity index (χ0) is 19.2. The van der Waals surface area contributed by atoms with Crippen molar-refractivity contribution in [1.82, 2.24) is 4.90 Å². The van der Waals surface area contributed by atoms with Gasteiger partial charge in [-0.05, 0) is 30.3 Å². The molecule has 2 aromatic carbocycles. The summed E-state index contributed by atoms with van der Waals surface area (Å²) in [7, 11) is 4.95. The summed E-state index contributed by atoms with van der Waals surface area (Å²) in [5.74, 6) is 2.36. The Balaban J connectivity index is 1.63.